The summed E-state index contributed by atoms with van der Waals surface area (Å²) in [7, 11) is 0. The molecule has 4 rings (SSSR count). The molecular formula is C20H11Cl2N3O5. The van der Waals surface area contributed by atoms with E-state index in [4.69, 9.17) is 27.6 Å². The van der Waals surface area contributed by atoms with Crippen LogP contribution in [0.25, 0.3) is 16.7 Å². The van der Waals surface area contributed by atoms with E-state index < -0.39 is 17.5 Å². The second kappa shape index (κ2) is 7.66. The van der Waals surface area contributed by atoms with Gasteiger partial charge in [-0.15, -0.1) is 0 Å². The molecule has 0 aliphatic carbocycles. The van der Waals surface area contributed by atoms with E-state index in [-0.39, 0.29) is 22.5 Å². The molecule has 0 atom stereocenters. The maximum atomic E-state index is 12.8. The SMILES string of the molecule is O=C(O)c1cnn(-c2ccc(Cl)cc2)c1NC(=O)c1cc2cc(Cl)ccc2oc1=O. The molecule has 0 saturated heterocycles. The summed E-state index contributed by atoms with van der Waals surface area (Å²) in [5.41, 5.74) is -0.730. The van der Waals surface area contributed by atoms with E-state index in [9.17, 15) is 19.5 Å². The fraction of sp³-hybridized carbons (Fsp3) is 0. The second-order valence-electron chi connectivity index (χ2n) is 6.18. The first-order valence-electron chi connectivity index (χ1n) is 8.45. The predicted octanol–water partition coefficient (Wildman–Crippen LogP) is 4.24. The highest BCUT2D eigenvalue weighted by atomic mass is 35.5. The minimum Gasteiger partial charge on any atom is -0.477 e. The van der Waals surface area contributed by atoms with Crippen molar-refractivity contribution >= 4 is 51.9 Å². The molecule has 2 N–H and O–H groups in total. The van der Waals surface area contributed by atoms with Crippen molar-refractivity contribution in [3.8, 4) is 5.69 Å². The standard InChI is InChI=1S/C20H11Cl2N3O5/c21-11-1-4-13(5-2-11)25-17(15(9-23-25)19(27)28)24-18(26)14-8-10-7-12(22)3-6-16(10)30-20(14)29/h1-9H,(H,24,26)(H,27,28). The van der Waals surface area contributed by atoms with Gasteiger partial charge < -0.3 is 14.8 Å². The maximum Gasteiger partial charge on any atom is 0.349 e. The lowest BCUT2D eigenvalue weighted by atomic mass is 10.1. The maximum absolute atomic E-state index is 12.8. The molecule has 1 amide bonds. The zero-order chi connectivity index (χ0) is 21.4. The van der Waals surface area contributed by atoms with Crippen molar-refractivity contribution in [1.82, 2.24) is 9.78 Å². The molecule has 2 aromatic heterocycles. The van der Waals surface area contributed by atoms with E-state index in [1.165, 1.54) is 22.9 Å². The van der Waals surface area contributed by atoms with Crippen LogP contribution in [-0.4, -0.2) is 26.8 Å². The minimum absolute atomic E-state index is 0.125. The number of rotatable bonds is 4. The molecule has 0 radical (unpaired) electrons. The molecule has 30 heavy (non-hydrogen) atoms. The zero-order valence-electron chi connectivity index (χ0n) is 14.9. The summed E-state index contributed by atoms with van der Waals surface area (Å²) in [6.07, 6.45) is 1.09. The lowest BCUT2D eigenvalue weighted by Gasteiger charge is -2.10. The fourth-order valence-corrected chi connectivity index (χ4v) is 3.14. The van der Waals surface area contributed by atoms with Gasteiger partial charge in [0, 0.05) is 15.4 Å². The van der Waals surface area contributed by atoms with E-state index in [2.05, 4.69) is 10.4 Å². The van der Waals surface area contributed by atoms with Crippen molar-refractivity contribution in [2.24, 2.45) is 0 Å². The number of carboxylic acids is 1. The number of benzene rings is 2. The van der Waals surface area contributed by atoms with Crippen molar-refractivity contribution in [3.63, 3.8) is 0 Å². The molecule has 2 heterocycles. The van der Waals surface area contributed by atoms with Crippen molar-refractivity contribution in [3.05, 3.63) is 86.3 Å². The lowest BCUT2D eigenvalue weighted by molar-refractivity contribution is 0.0698. The Hall–Kier alpha value is -3.62. The fourth-order valence-electron chi connectivity index (χ4n) is 2.83. The Labute approximate surface area is 178 Å². The molecule has 0 aliphatic rings. The zero-order valence-corrected chi connectivity index (χ0v) is 16.4. The number of aromatic carboxylic acids is 1. The van der Waals surface area contributed by atoms with Crippen LogP contribution in [0, 0.1) is 0 Å². The van der Waals surface area contributed by atoms with Gasteiger partial charge in [-0.2, -0.15) is 5.10 Å². The largest absolute Gasteiger partial charge is 0.477 e. The highest BCUT2D eigenvalue weighted by molar-refractivity contribution is 6.31. The summed E-state index contributed by atoms with van der Waals surface area (Å²) in [4.78, 5) is 36.7. The Morgan fingerprint density at radius 2 is 1.70 bits per heavy atom. The number of carboxylic acid groups (broad SMARTS) is 1. The molecule has 0 fully saturated rings. The number of nitrogens with zero attached hydrogens (tertiary/aromatic N) is 2. The third-order valence-corrected chi connectivity index (χ3v) is 4.73. The lowest BCUT2D eigenvalue weighted by Crippen LogP contribution is -2.23. The normalized spacial score (nSPS) is 10.9. The molecule has 0 saturated carbocycles. The van der Waals surface area contributed by atoms with Gasteiger partial charge >= 0.3 is 11.6 Å². The van der Waals surface area contributed by atoms with Crippen molar-refractivity contribution in [1.29, 1.82) is 0 Å². The summed E-state index contributed by atoms with van der Waals surface area (Å²) in [6, 6.07) is 12.3. The van der Waals surface area contributed by atoms with Gasteiger partial charge in [-0.25, -0.2) is 14.3 Å². The van der Waals surface area contributed by atoms with E-state index in [0.29, 0.717) is 21.1 Å². The molecule has 0 bridgehead atoms. The van der Waals surface area contributed by atoms with E-state index in [1.807, 2.05) is 0 Å². The Bertz CT molecular complexity index is 1360. The van der Waals surface area contributed by atoms with E-state index >= 15 is 0 Å². The molecule has 10 heteroatoms. The minimum atomic E-state index is -1.30. The number of hydrogen-bond donors (Lipinski definition) is 2. The van der Waals surface area contributed by atoms with E-state index in [0.717, 1.165) is 6.20 Å². The number of fused-ring (bicyclic) bond motifs is 1. The van der Waals surface area contributed by atoms with Crippen LogP contribution in [0.1, 0.15) is 20.7 Å². The number of amides is 1. The van der Waals surface area contributed by atoms with Crippen LogP contribution >= 0.6 is 23.2 Å². The van der Waals surface area contributed by atoms with Crippen molar-refractivity contribution < 1.29 is 19.1 Å². The highest BCUT2D eigenvalue weighted by Crippen LogP contribution is 2.23. The number of carbonyl (C=O) groups is 2. The van der Waals surface area contributed by atoms with Crippen molar-refractivity contribution in [2.45, 2.75) is 0 Å². The number of carbonyl (C=O) groups excluding carboxylic acids is 1. The average Bonchev–Trinajstić information content (AvgIpc) is 3.12. The first-order chi connectivity index (χ1) is 14.3. The van der Waals surface area contributed by atoms with Gasteiger partial charge in [0.25, 0.3) is 5.91 Å². The second-order valence-corrected chi connectivity index (χ2v) is 7.06. The smallest absolute Gasteiger partial charge is 0.349 e. The molecule has 8 nitrogen and oxygen atoms in total. The van der Waals surface area contributed by atoms with Gasteiger partial charge in [0.1, 0.15) is 16.7 Å². The summed E-state index contributed by atoms with van der Waals surface area (Å²) < 4.78 is 6.38. The summed E-state index contributed by atoms with van der Waals surface area (Å²) in [6.45, 7) is 0. The third kappa shape index (κ3) is 3.66. The van der Waals surface area contributed by atoms with Crippen LogP contribution < -0.4 is 10.9 Å². The highest BCUT2D eigenvalue weighted by Gasteiger charge is 2.22. The molecule has 0 unspecified atom stereocenters. The van der Waals surface area contributed by atoms with Crippen LogP contribution in [0.3, 0.4) is 0 Å². The number of hydrogen-bond acceptors (Lipinski definition) is 5. The topological polar surface area (TPSA) is 114 Å². The first-order valence-corrected chi connectivity index (χ1v) is 9.21. The number of nitrogens with one attached hydrogen (secondary N) is 1. The number of halogens is 2. The van der Waals surface area contributed by atoms with Gasteiger partial charge in [0.2, 0.25) is 0 Å². The third-order valence-electron chi connectivity index (χ3n) is 4.24. The van der Waals surface area contributed by atoms with Crippen LogP contribution in [0.15, 0.2) is 63.9 Å². The summed E-state index contributed by atoms with van der Waals surface area (Å²) in [5, 5.41) is 17.2. The van der Waals surface area contributed by atoms with Crippen LogP contribution in [0.4, 0.5) is 5.82 Å². The van der Waals surface area contributed by atoms with Crippen LogP contribution in [-0.2, 0) is 0 Å². The number of anilines is 1. The molecule has 0 spiro atoms. The van der Waals surface area contributed by atoms with Gasteiger partial charge in [0.15, 0.2) is 5.82 Å². The first kappa shape index (κ1) is 19.7. The Kier molecular flexibility index (Phi) is 5.03. The molecular weight excluding hydrogens is 433 g/mol. The number of aromatic nitrogens is 2. The van der Waals surface area contributed by atoms with Gasteiger partial charge in [-0.3, -0.25) is 4.79 Å². The van der Waals surface area contributed by atoms with Gasteiger partial charge in [0.05, 0.1) is 11.9 Å². The monoisotopic (exact) mass is 443 g/mol. The molecule has 150 valence electrons. The van der Waals surface area contributed by atoms with Gasteiger partial charge in [-0.05, 0) is 48.5 Å². The molecule has 0 aliphatic heterocycles. The van der Waals surface area contributed by atoms with E-state index in [1.54, 1.807) is 30.3 Å². The Morgan fingerprint density at radius 3 is 2.40 bits per heavy atom. The average molecular weight is 444 g/mol. The predicted molar refractivity (Wildman–Crippen MR) is 111 cm³/mol. The van der Waals surface area contributed by atoms with Crippen LogP contribution in [0.5, 0.6) is 0 Å². The van der Waals surface area contributed by atoms with Gasteiger partial charge in [-0.1, -0.05) is 23.2 Å². The Balaban J connectivity index is 1.78. The van der Waals surface area contributed by atoms with Crippen molar-refractivity contribution in [2.75, 3.05) is 5.32 Å². The summed E-state index contributed by atoms with van der Waals surface area (Å²) >= 11 is 11.8. The molecule has 2 aromatic carbocycles. The molecule has 4 aromatic rings. The van der Waals surface area contributed by atoms with Crippen LogP contribution in [0.2, 0.25) is 10.0 Å². The Morgan fingerprint density at radius 1 is 1.00 bits per heavy atom. The summed E-state index contributed by atoms with van der Waals surface area (Å²) in [5.74, 6) is -2.29. The quantitative estimate of drug-likeness (QED) is 0.456.